The van der Waals surface area contributed by atoms with Crippen LogP contribution in [0.3, 0.4) is 0 Å². The molecule has 5 heteroatoms. The zero-order valence-corrected chi connectivity index (χ0v) is 23.2. The van der Waals surface area contributed by atoms with E-state index in [1.165, 1.54) is 63.9 Å². The molecule has 3 aromatic rings. The molecule has 0 spiro atoms. The number of rotatable bonds is 17. The van der Waals surface area contributed by atoms with Crippen LogP contribution in [0.5, 0.6) is 5.75 Å². The highest BCUT2D eigenvalue weighted by Crippen LogP contribution is 2.22. The van der Waals surface area contributed by atoms with Gasteiger partial charge in [-0.15, -0.1) is 0 Å². The number of carbonyl (C=O) groups excluding carboxylic acids is 1. The number of carbonyl (C=O) groups is 1. The molecule has 0 unspecified atom stereocenters. The Hall–Kier alpha value is -3.08. The molecule has 0 aliphatic carbocycles. The Balaban J connectivity index is 1.47. The lowest BCUT2D eigenvalue weighted by atomic mass is 10.0. The van der Waals surface area contributed by atoms with Gasteiger partial charge in [0, 0.05) is 18.0 Å². The monoisotopic (exact) mass is 518 g/mol. The number of halogens is 1. The number of hydrogen-bond acceptors (Lipinski definition) is 4. The average molecular weight is 519 g/mol. The van der Waals surface area contributed by atoms with Crippen LogP contribution in [0.15, 0.2) is 54.9 Å². The van der Waals surface area contributed by atoms with Crippen LogP contribution in [-0.4, -0.2) is 15.9 Å². The molecule has 1 aromatic heterocycles. The minimum Gasteiger partial charge on any atom is -0.420 e. The Bertz CT molecular complexity index is 1100. The Morgan fingerprint density at radius 1 is 0.711 bits per heavy atom. The maximum atomic E-state index is 14.6. The number of hydrogen-bond donors (Lipinski definition) is 0. The number of aryl methyl sites for hydroxylation is 2. The molecule has 0 bridgehead atoms. The Morgan fingerprint density at radius 3 is 1.84 bits per heavy atom. The minimum atomic E-state index is -0.589. The number of unbranched alkanes of at least 4 members (excludes halogenated alkanes) is 10. The zero-order chi connectivity index (χ0) is 27.0. The van der Waals surface area contributed by atoms with Gasteiger partial charge in [0.05, 0.1) is 5.56 Å². The largest absolute Gasteiger partial charge is 0.420 e. The summed E-state index contributed by atoms with van der Waals surface area (Å²) in [4.78, 5) is 21.6. The minimum absolute atomic E-state index is 0.0462. The molecule has 0 saturated carbocycles. The molecule has 204 valence electrons. The van der Waals surface area contributed by atoms with E-state index in [9.17, 15) is 9.18 Å². The van der Waals surface area contributed by atoms with Crippen LogP contribution >= 0.6 is 0 Å². The van der Waals surface area contributed by atoms with Crippen molar-refractivity contribution in [3.63, 3.8) is 0 Å². The maximum Gasteiger partial charge on any atom is 0.343 e. The van der Waals surface area contributed by atoms with Crippen LogP contribution in [0, 0.1) is 5.82 Å². The van der Waals surface area contributed by atoms with Crippen LogP contribution in [0.1, 0.15) is 112 Å². The number of nitrogens with zero attached hydrogens (tertiary/aromatic N) is 2. The first-order valence-electron chi connectivity index (χ1n) is 14.5. The maximum absolute atomic E-state index is 14.6. The molecule has 0 N–H and O–H groups in total. The third-order valence-electron chi connectivity index (χ3n) is 6.92. The predicted molar refractivity (Wildman–Crippen MR) is 153 cm³/mol. The summed E-state index contributed by atoms with van der Waals surface area (Å²) in [6, 6.07) is 11.8. The summed E-state index contributed by atoms with van der Waals surface area (Å²) in [5.74, 6) is -0.527. The number of benzene rings is 2. The summed E-state index contributed by atoms with van der Waals surface area (Å²) in [7, 11) is 0. The molecule has 0 aliphatic rings. The quantitative estimate of drug-likeness (QED) is 0.101. The molecule has 1 heterocycles. The van der Waals surface area contributed by atoms with E-state index in [-0.39, 0.29) is 5.75 Å². The third kappa shape index (κ3) is 10.00. The first-order valence-corrected chi connectivity index (χ1v) is 14.5. The SMILES string of the molecule is CCCCCCCCc1cnc(-c2ccc(C(=O)Oc3ccc(CCCCCCCC)cc3F)cc2)nc1. The van der Waals surface area contributed by atoms with Gasteiger partial charge in [0.15, 0.2) is 17.4 Å². The van der Waals surface area contributed by atoms with Crippen molar-refractivity contribution in [1.29, 1.82) is 0 Å². The highest BCUT2D eigenvalue weighted by atomic mass is 19.1. The van der Waals surface area contributed by atoms with Gasteiger partial charge in [0.2, 0.25) is 0 Å². The zero-order valence-electron chi connectivity index (χ0n) is 23.2. The fraction of sp³-hybridized carbons (Fsp3) is 0.485. The van der Waals surface area contributed by atoms with Crippen molar-refractivity contribution in [2.24, 2.45) is 0 Å². The molecule has 0 fully saturated rings. The third-order valence-corrected chi connectivity index (χ3v) is 6.92. The van der Waals surface area contributed by atoms with Crippen molar-refractivity contribution >= 4 is 5.97 Å². The van der Waals surface area contributed by atoms with Gasteiger partial charge in [-0.1, -0.05) is 96.3 Å². The summed E-state index contributed by atoms with van der Waals surface area (Å²) in [6.45, 7) is 4.44. The summed E-state index contributed by atoms with van der Waals surface area (Å²) in [5, 5.41) is 0. The van der Waals surface area contributed by atoms with E-state index in [1.54, 1.807) is 30.3 Å². The fourth-order valence-corrected chi connectivity index (χ4v) is 4.55. The van der Waals surface area contributed by atoms with Gasteiger partial charge in [-0.3, -0.25) is 0 Å². The highest BCUT2D eigenvalue weighted by molar-refractivity contribution is 5.91. The predicted octanol–water partition coefficient (Wildman–Crippen LogP) is 9.31. The molecular formula is C33H43FN2O2. The summed E-state index contributed by atoms with van der Waals surface area (Å²) < 4.78 is 19.9. The molecule has 0 saturated heterocycles. The average Bonchev–Trinajstić information content (AvgIpc) is 2.94. The van der Waals surface area contributed by atoms with Gasteiger partial charge in [-0.05, 0) is 61.1 Å². The van der Waals surface area contributed by atoms with E-state index in [4.69, 9.17) is 4.74 Å². The molecule has 0 radical (unpaired) electrons. The van der Waals surface area contributed by atoms with Crippen LogP contribution in [-0.2, 0) is 12.8 Å². The number of aromatic nitrogens is 2. The first kappa shape index (κ1) is 29.5. The molecule has 4 nitrogen and oxygen atoms in total. The fourth-order valence-electron chi connectivity index (χ4n) is 4.55. The Morgan fingerprint density at radius 2 is 1.26 bits per heavy atom. The van der Waals surface area contributed by atoms with Gasteiger partial charge in [0.1, 0.15) is 0 Å². The molecule has 38 heavy (non-hydrogen) atoms. The highest BCUT2D eigenvalue weighted by Gasteiger charge is 2.13. The van der Waals surface area contributed by atoms with Crippen molar-refractivity contribution in [1.82, 2.24) is 9.97 Å². The van der Waals surface area contributed by atoms with Crippen molar-refractivity contribution in [2.45, 2.75) is 104 Å². The smallest absolute Gasteiger partial charge is 0.343 e. The van der Waals surface area contributed by atoms with Gasteiger partial charge in [-0.2, -0.15) is 0 Å². The Kier molecular flexibility index (Phi) is 13.0. The van der Waals surface area contributed by atoms with Gasteiger partial charge in [0.25, 0.3) is 0 Å². The standard InChI is InChI=1S/C33H43FN2O2/c1-3-5-7-9-11-13-15-26-17-22-31(30(34)23-26)38-33(37)29-20-18-28(19-21-29)32-35-24-27(25-36-32)16-14-12-10-8-6-4-2/h17-25H,3-16H2,1-2H3. The van der Waals surface area contributed by atoms with E-state index < -0.39 is 11.8 Å². The second-order valence-corrected chi connectivity index (χ2v) is 10.2. The van der Waals surface area contributed by atoms with Crippen LogP contribution in [0.25, 0.3) is 11.4 Å². The molecule has 2 aromatic carbocycles. The van der Waals surface area contributed by atoms with Crippen molar-refractivity contribution in [3.8, 4) is 17.1 Å². The topological polar surface area (TPSA) is 52.1 Å². The van der Waals surface area contributed by atoms with Crippen molar-refractivity contribution in [3.05, 3.63) is 77.4 Å². The normalized spacial score (nSPS) is 11.0. The number of ether oxygens (including phenoxy) is 1. The second-order valence-electron chi connectivity index (χ2n) is 10.2. The summed E-state index contributed by atoms with van der Waals surface area (Å²) >= 11 is 0. The van der Waals surface area contributed by atoms with Crippen LogP contribution in [0.2, 0.25) is 0 Å². The van der Waals surface area contributed by atoms with Crippen molar-refractivity contribution < 1.29 is 13.9 Å². The molecule has 0 aliphatic heterocycles. The van der Waals surface area contributed by atoms with Crippen LogP contribution in [0.4, 0.5) is 4.39 Å². The summed E-state index contributed by atoms with van der Waals surface area (Å²) in [6.07, 6.45) is 20.4. The van der Waals surface area contributed by atoms with E-state index in [0.717, 1.165) is 48.8 Å². The lowest BCUT2D eigenvalue weighted by Crippen LogP contribution is -2.09. The van der Waals surface area contributed by atoms with Gasteiger partial charge >= 0.3 is 5.97 Å². The van der Waals surface area contributed by atoms with E-state index in [0.29, 0.717) is 11.4 Å². The van der Waals surface area contributed by atoms with E-state index >= 15 is 0 Å². The molecule has 0 amide bonds. The summed E-state index contributed by atoms with van der Waals surface area (Å²) in [5.41, 5.74) is 3.24. The molecular weight excluding hydrogens is 475 g/mol. The first-order chi connectivity index (χ1) is 18.6. The molecule has 0 atom stereocenters. The lowest BCUT2D eigenvalue weighted by molar-refractivity contribution is 0.0728. The van der Waals surface area contributed by atoms with Gasteiger partial charge < -0.3 is 4.74 Å². The van der Waals surface area contributed by atoms with Crippen LogP contribution < -0.4 is 4.74 Å². The molecule has 3 rings (SSSR count). The Labute approximate surface area is 228 Å². The van der Waals surface area contributed by atoms with E-state index in [1.807, 2.05) is 18.5 Å². The lowest BCUT2D eigenvalue weighted by Gasteiger charge is -2.08. The van der Waals surface area contributed by atoms with Gasteiger partial charge in [-0.25, -0.2) is 19.2 Å². The second kappa shape index (κ2) is 16.7. The number of esters is 1. The van der Waals surface area contributed by atoms with Crippen molar-refractivity contribution in [2.75, 3.05) is 0 Å². The van der Waals surface area contributed by atoms with E-state index in [2.05, 4.69) is 23.8 Å².